The van der Waals surface area contributed by atoms with Crippen LogP contribution in [0.4, 0.5) is 5.69 Å². The van der Waals surface area contributed by atoms with E-state index in [0.29, 0.717) is 6.54 Å². The van der Waals surface area contributed by atoms with Gasteiger partial charge in [-0.2, -0.15) is 0 Å². The van der Waals surface area contributed by atoms with Crippen molar-refractivity contribution in [1.82, 2.24) is 0 Å². The number of nitrogens with zero attached hydrogens (tertiary/aromatic N) is 1. The smallest absolute Gasteiger partial charge is 0.224 e. The van der Waals surface area contributed by atoms with Crippen molar-refractivity contribution in [2.75, 3.05) is 4.90 Å². The Morgan fingerprint density at radius 2 is 2.05 bits per heavy atom. The van der Waals surface area contributed by atoms with Crippen LogP contribution in [-0.2, 0) is 11.3 Å². The molecule has 20 heavy (non-hydrogen) atoms. The Bertz CT molecular complexity index is 612. The lowest BCUT2D eigenvalue weighted by molar-refractivity contribution is -0.116. The van der Waals surface area contributed by atoms with Gasteiger partial charge in [-0.25, -0.2) is 0 Å². The van der Waals surface area contributed by atoms with E-state index >= 15 is 0 Å². The van der Waals surface area contributed by atoms with E-state index in [1.54, 1.807) is 18.1 Å². The molecular weight excluding hydrogens is 250 g/mol. The van der Waals surface area contributed by atoms with Gasteiger partial charge in [-0.3, -0.25) is 4.79 Å². The molecule has 0 saturated carbocycles. The standard InChI is InChI=1S/C17H19NO2/c1-4-13(2)15-7-5-8-16(11-15)18(14(3)19)12-17-9-6-10-20-17/h4-11H,12H2,1-3H3/b13-4+. The van der Waals surface area contributed by atoms with Crippen LogP contribution >= 0.6 is 0 Å². The first-order chi connectivity index (χ1) is 9.61. The summed E-state index contributed by atoms with van der Waals surface area (Å²) in [5.41, 5.74) is 3.19. The number of benzene rings is 1. The fourth-order valence-corrected chi connectivity index (χ4v) is 2.03. The van der Waals surface area contributed by atoms with Crippen LogP contribution in [0.1, 0.15) is 32.1 Å². The summed E-state index contributed by atoms with van der Waals surface area (Å²) in [5.74, 6) is 0.769. The number of hydrogen-bond donors (Lipinski definition) is 0. The molecule has 0 fully saturated rings. The number of hydrogen-bond acceptors (Lipinski definition) is 2. The quantitative estimate of drug-likeness (QED) is 0.831. The summed E-state index contributed by atoms with van der Waals surface area (Å²) in [7, 11) is 0. The first kappa shape index (κ1) is 14.1. The van der Waals surface area contributed by atoms with Crippen molar-refractivity contribution < 1.29 is 9.21 Å². The van der Waals surface area contributed by atoms with Gasteiger partial charge in [0, 0.05) is 12.6 Å². The monoisotopic (exact) mass is 269 g/mol. The molecule has 0 radical (unpaired) electrons. The summed E-state index contributed by atoms with van der Waals surface area (Å²) in [6.45, 7) is 6.08. The third-order valence-corrected chi connectivity index (χ3v) is 3.32. The van der Waals surface area contributed by atoms with E-state index in [2.05, 4.69) is 13.0 Å². The van der Waals surface area contributed by atoms with E-state index in [0.717, 1.165) is 17.0 Å². The van der Waals surface area contributed by atoms with E-state index in [9.17, 15) is 4.79 Å². The summed E-state index contributed by atoms with van der Waals surface area (Å²) in [5, 5.41) is 0. The normalized spacial score (nSPS) is 11.4. The first-order valence-corrected chi connectivity index (χ1v) is 6.65. The highest BCUT2D eigenvalue weighted by Gasteiger charge is 2.14. The predicted octanol–water partition coefficient (Wildman–Crippen LogP) is 4.26. The number of carbonyl (C=O) groups is 1. The summed E-state index contributed by atoms with van der Waals surface area (Å²) >= 11 is 0. The minimum Gasteiger partial charge on any atom is -0.467 e. The number of furan rings is 1. The van der Waals surface area contributed by atoms with Gasteiger partial charge in [-0.05, 0) is 49.2 Å². The summed E-state index contributed by atoms with van der Waals surface area (Å²) in [4.78, 5) is 13.6. The average molecular weight is 269 g/mol. The topological polar surface area (TPSA) is 33.5 Å². The molecule has 1 aromatic heterocycles. The van der Waals surface area contributed by atoms with E-state index in [1.165, 1.54) is 5.57 Å². The number of allylic oxidation sites excluding steroid dienone is 2. The van der Waals surface area contributed by atoms with Gasteiger partial charge < -0.3 is 9.32 Å². The first-order valence-electron chi connectivity index (χ1n) is 6.65. The van der Waals surface area contributed by atoms with Crippen molar-refractivity contribution in [3.05, 3.63) is 60.1 Å². The lowest BCUT2D eigenvalue weighted by Gasteiger charge is -2.21. The number of amides is 1. The van der Waals surface area contributed by atoms with Crippen molar-refractivity contribution >= 4 is 17.2 Å². The molecule has 0 aliphatic rings. The Morgan fingerprint density at radius 1 is 1.25 bits per heavy atom. The van der Waals surface area contributed by atoms with Crippen LogP contribution < -0.4 is 4.90 Å². The fraction of sp³-hybridized carbons (Fsp3) is 0.235. The maximum Gasteiger partial charge on any atom is 0.224 e. The van der Waals surface area contributed by atoms with Gasteiger partial charge in [-0.15, -0.1) is 0 Å². The third kappa shape index (κ3) is 3.18. The summed E-state index contributed by atoms with van der Waals surface area (Å²) < 4.78 is 5.33. The summed E-state index contributed by atoms with van der Waals surface area (Å²) in [6, 6.07) is 11.7. The molecule has 1 amide bonds. The van der Waals surface area contributed by atoms with E-state index in [-0.39, 0.29) is 5.91 Å². The third-order valence-electron chi connectivity index (χ3n) is 3.32. The molecule has 2 rings (SSSR count). The Labute approximate surface area is 119 Å². The molecular formula is C17H19NO2. The molecule has 0 unspecified atom stereocenters. The zero-order valence-electron chi connectivity index (χ0n) is 12.1. The molecule has 0 atom stereocenters. The summed E-state index contributed by atoms with van der Waals surface area (Å²) in [6.07, 6.45) is 3.68. The van der Waals surface area contributed by atoms with Crippen LogP contribution in [0, 0.1) is 0 Å². The van der Waals surface area contributed by atoms with E-state index < -0.39 is 0 Å². The molecule has 0 spiro atoms. The maximum atomic E-state index is 11.9. The van der Waals surface area contributed by atoms with Crippen LogP contribution in [0.25, 0.3) is 5.57 Å². The van der Waals surface area contributed by atoms with Crippen molar-refractivity contribution in [2.24, 2.45) is 0 Å². The minimum absolute atomic E-state index is 0.00307. The highest BCUT2D eigenvalue weighted by Crippen LogP contribution is 2.23. The largest absolute Gasteiger partial charge is 0.467 e. The lowest BCUT2D eigenvalue weighted by atomic mass is 10.1. The highest BCUT2D eigenvalue weighted by molar-refractivity contribution is 5.91. The van der Waals surface area contributed by atoms with Crippen molar-refractivity contribution in [2.45, 2.75) is 27.3 Å². The molecule has 3 heteroatoms. The van der Waals surface area contributed by atoms with E-state index in [4.69, 9.17) is 4.42 Å². The SMILES string of the molecule is C/C=C(\C)c1cccc(N(Cc2ccco2)C(C)=O)c1. The van der Waals surface area contributed by atoms with Gasteiger partial charge in [0.2, 0.25) is 5.91 Å². The Balaban J connectivity index is 2.32. The molecule has 0 aliphatic carbocycles. The average Bonchev–Trinajstić information content (AvgIpc) is 2.96. The second-order valence-corrected chi connectivity index (χ2v) is 4.71. The van der Waals surface area contributed by atoms with E-state index in [1.807, 2.05) is 43.3 Å². The highest BCUT2D eigenvalue weighted by atomic mass is 16.3. The van der Waals surface area contributed by atoms with Crippen LogP contribution in [0.5, 0.6) is 0 Å². The van der Waals surface area contributed by atoms with Crippen LogP contribution in [0.3, 0.4) is 0 Å². The Kier molecular flexibility index (Phi) is 4.41. The predicted molar refractivity (Wildman–Crippen MR) is 81.3 cm³/mol. The molecule has 0 saturated heterocycles. The fourth-order valence-electron chi connectivity index (χ4n) is 2.03. The number of rotatable bonds is 4. The van der Waals surface area contributed by atoms with Crippen LogP contribution in [0.2, 0.25) is 0 Å². The Hall–Kier alpha value is -2.29. The van der Waals surface area contributed by atoms with Gasteiger partial charge in [-0.1, -0.05) is 18.2 Å². The number of anilines is 1. The van der Waals surface area contributed by atoms with Gasteiger partial charge in [0.25, 0.3) is 0 Å². The zero-order chi connectivity index (χ0) is 14.5. The zero-order valence-corrected chi connectivity index (χ0v) is 12.1. The lowest BCUT2D eigenvalue weighted by Crippen LogP contribution is -2.27. The van der Waals surface area contributed by atoms with Gasteiger partial charge in [0.1, 0.15) is 5.76 Å². The molecule has 1 heterocycles. The molecule has 0 N–H and O–H groups in total. The molecule has 3 nitrogen and oxygen atoms in total. The van der Waals surface area contributed by atoms with Gasteiger partial charge in [0.15, 0.2) is 0 Å². The van der Waals surface area contributed by atoms with Crippen molar-refractivity contribution in [3.63, 3.8) is 0 Å². The van der Waals surface area contributed by atoms with Crippen LogP contribution in [-0.4, -0.2) is 5.91 Å². The number of carbonyl (C=O) groups excluding carboxylic acids is 1. The minimum atomic E-state index is -0.00307. The Morgan fingerprint density at radius 3 is 2.65 bits per heavy atom. The second kappa shape index (κ2) is 6.24. The molecule has 2 aromatic rings. The van der Waals surface area contributed by atoms with Crippen molar-refractivity contribution in [1.29, 1.82) is 0 Å². The molecule has 0 bridgehead atoms. The van der Waals surface area contributed by atoms with Crippen molar-refractivity contribution in [3.8, 4) is 0 Å². The second-order valence-electron chi connectivity index (χ2n) is 4.71. The molecule has 104 valence electrons. The van der Waals surface area contributed by atoms with Gasteiger partial charge in [0.05, 0.1) is 12.8 Å². The van der Waals surface area contributed by atoms with Crippen LogP contribution in [0.15, 0.2) is 53.2 Å². The molecule has 1 aromatic carbocycles. The molecule has 0 aliphatic heterocycles. The van der Waals surface area contributed by atoms with Gasteiger partial charge >= 0.3 is 0 Å². The maximum absolute atomic E-state index is 11.9.